The molecule has 1 aromatic heterocycles. The maximum Gasteiger partial charge on any atom is 0.124 e. The zero-order valence-electron chi connectivity index (χ0n) is 13.1. The van der Waals surface area contributed by atoms with Crippen LogP contribution in [0.2, 0.25) is 0 Å². The molecule has 0 spiro atoms. The SMILES string of the molecule is c1ccc(N=NN=Nc2ccc(-c3nc4ccccc4s3)cc2)cc1. The number of rotatable bonds is 4. The predicted molar refractivity (Wildman–Crippen MR) is 101 cm³/mol. The quantitative estimate of drug-likeness (QED) is 0.299. The van der Waals surface area contributed by atoms with Crippen molar-refractivity contribution in [3.63, 3.8) is 0 Å². The summed E-state index contributed by atoms with van der Waals surface area (Å²) in [5, 5.41) is 16.5. The third-order valence-electron chi connectivity index (χ3n) is 3.52. The Balaban J connectivity index is 1.48. The number of para-hydroxylation sites is 1. The van der Waals surface area contributed by atoms with Gasteiger partial charge in [-0.25, -0.2) is 4.98 Å². The summed E-state index contributed by atoms with van der Waals surface area (Å²) in [6.07, 6.45) is 0. The van der Waals surface area contributed by atoms with E-state index in [1.54, 1.807) is 11.3 Å². The Kier molecular flexibility index (Phi) is 4.35. The fourth-order valence-corrected chi connectivity index (χ4v) is 3.28. The van der Waals surface area contributed by atoms with Gasteiger partial charge in [-0.05, 0) is 59.0 Å². The van der Waals surface area contributed by atoms with Gasteiger partial charge in [-0.15, -0.1) is 21.6 Å². The van der Waals surface area contributed by atoms with Crippen molar-refractivity contribution >= 4 is 32.9 Å². The highest BCUT2D eigenvalue weighted by atomic mass is 32.1. The second-order valence-corrected chi connectivity index (χ2v) is 6.28. The first-order chi connectivity index (χ1) is 12.4. The standard InChI is InChI=1S/C19H13N5S/c1-2-6-15(7-3-1)21-23-24-22-16-12-10-14(11-13-16)19-20-17-8-4-5-9-18(17)25-19/h1-13H. The first kappa shape index (κ1) is 15.3. The van der Waals surface area contributed by atoms with E-state index in [4.69, 9.17) is 0 Å². The van der Waals surface area contributed by atoms with Crippen molar-refractivity contribution in [3.8, 4) is 10.6 Å². The molecular formula is C19H13N5S. The van der Waals surface area contributed by atoms with Gasteiger partial charge in [0.25, 0.3) is 0 Å². The molecule has 0 bridgehead atoms. The molecule has 0 aliphatic heterocycles. The molecule has 120 valence electrons. The van der Waals surface area contributed by atoms with Crippen LogP contribution in [0.15, 0.2) is 99.5 Å². The van der Waals surface area contributed by atoms with Crippen LogP contribution in [0.5, 0.6) is 0 Å². The van der Waals surface area contributed by atoms with Gasteiger partial charge in [0.05, 0.1) is 21.6 Å². The molecule has 0 unspecified atom stereocenters. The predicted octanol–water partition coefficient (Wildman–Crippen LogP) is 6.75. The zero-order valence-corrected chi connectivity index (χ0v) is 14.0. The molecule has 4 rings (SSSR count). The molecule has 0 N–H and O–H groups in total. The lowest BCUT2D eigenvalue weighted by Crippen LogP contribution is -1.74. The summed E-state index contributed by atoms with van der Waals surface area (Å²) in [4.78, 5) is 4.65. The lowest BCUT2D eigenvalue weighted by atomic mass is 10.2. The molecule has 0 fully saturated rings. The van der Waals surface area contributed by atoms with Gasteiger partial charge in [0.15, 0.2) is 0 Å². The molecule has 4 aromatic rings. The number of aromatic nitrogens is 1. The van der Waals surface area contributed by atoms with E-state index in [1.165, 1.54) is 4.70 Å². The van der Waals surface area contributed by atoms with E-state index in [0.717, 1.165) is 27.5 Å². The fourth-order valence-electron chi connectivity index (χ4n) is 2.30. The minimum Gasteiger partial charge on any atom is -0.236 e. The average molecular weight is 343 g/mol. The molecule has 0 radical (unpaired) electrons. The summed E-state index contributed by atoms with van der Waals surface area (Å²) in [5.41, 5.74) is 3.54. The molecular weight excluding hydrogens is 330 g/mol. The summed E-state index contributed by atoms with van der Waals surface area (Å²) in [5.74, 6) is 0. The molecule has 3 aromatic carbocycles. The van der Waals surface area contributed by atoms with Crippen LogP contribution in [-0.2, 0) is 0 Å². The van der Waals surface area contributed by atoms with E-state index in [0.29, 0.717) is 0 Å². The van der Waals surface area contributed by atoms with Crippen LogP contribution in [0, 0.1) is 0 Å². The molecule has 0 amide bonds. The summed E-state index contributed by atoms with van der Waals surface area (Å²) in [6.45, 7) is 0. The average Bonchev–Trinajstić information content (AvgIpc) is 3.11. The van der Waals surface area contributed by atoms with Crippen LogP contribution < -0.4 is 0 Å². The van der Waals surface area contributed by atoms with Crippen LogP contribution in [-0.4, -0.2) is 4.98 Å². The van der Waals surface area contributed by atoms with Gasteiger partial charge in [0.1, 0.15) is 5.01 Å². The summed E-state index contributed by atoms with van der Waals surface area (Å²) in [6, 6.07) is 25.3. The summed E-state index contributed by atoms with van der Waals surface area (Å²) in [7, 11) is 0. The first-order valence-electron chi connectivity index (χ1n) is 7.71. The molecule has 0 saturated heterocycles. The Morgan fingerprint density at radius 1 is 0.640 bits per heavy atom. The Morgan fingerprint density at radius 2 is 1.28 bits per heavy atom. The van der Waals surface area contributed by atoms with Crippen molar-refractivity contribution in [2.45, 2.75) is 0 Å². The van der Waals surface area contributed by atoms with Gasteiger partial charge in [-0.2, -0.15) is 0 Å². The van der Waals surface area contributed by atoms with E-state index >= 15 is 0 Å². The van der Waals surface area contributed by atoms with Gasteiger partial charge >= 0.3 is 0 Å². The highest BCUT2D eigenvalue weighted by Gasteiger charge is 2.05. The van der Waals surface area contributed by atoms with Crippen molar-refractivity contribution in [2.24, 2.45) is 20.7 Å². The number of thiazole rings is 1. The Labute approximate surface area is 148 Å². The molecule has 0 aliphatic carbocycles. The maximum atomic E-state index is 4.65. The van der Waals surface area contributed by atoms with Crippen LogP contribution in [0.1, 0.15) is 0 Å². The minimum atomic E-state index is 0.719. The fraction of sp³-hybridized carbons (Fsp3) is 0. The van der Waals surface area contributed by atoms with E-state index in [1.807, 2.05) is 72.8 Å². The van der Waals surface area contributed by atoms with E-state index < -0.39 is 0 Å². The first-order valence-corrected chi connectivity index (χ1v) is 8.53. The van der Waals surface area contributed by atoms with Gasteiger partial charge in [-0.3, -0.25) is 0 Å². The Bertz CT molecular complexity index is 1000. The van der Waals surface area contributed by atoms with Crippen molar-refractivity contribution in [3.05, 3.63) is 78.9 Å². The van der Waals surface area contributed by atoms with Crippen LogP contribution in [0.4, 0.5) is 11.4 Å². The number of nitrogens with zero attached hydrogens (tertiary/aromatic N) is 5. The molecule has 25 heavy (non-hydrogen) atoms. The van der Waals surface area contributed by atoms with Gasteiger partial charge in [-0.1, -0.05) is 30.3 Å². The number of hydrogen-bond donors (Lipinski definition) is 0. The number of fused-ring (bicyclic) bond motifs is 1. The molecule has 0 aliphatic rings. The van der Waals surface area contributed by atoms with E-state index in [9.17, 15) is 0 Å². The van der Waals surface area contributed by atoms with Gasteiger partial charge < -0.3 is 0 Å². The maximum absolute atomic E-state index is 4.65. The summed E-state index contributed by atoms with van der Waals surface area (Å²) < 4.78 is 1.18. The van der Waals surface area contributed by atoms with Crippen molar-refractivity contribution in [2.75, 3.05) is 0 Å². The molecule has 0 saturated carbocycles. The van der Waals surface area contributed by atoms with E-state index in [-0.39, 0.29) is 0 Å². The monoisotopic (exact) mass is 343 g/mol. The van der Waals surface area contributed by atoms with Crippen molar-refractivity contribution in [1.82, 2.24) is 4.98 Å². The minimum absolute atomic E-state index is 0.719. The lowest BCUT2D eigenvalue weighted by molar-refractivity contribution is 0.958. The van der Waals surface area contributed by atoms with Crippen molar-refractivity contribution < 1.29 is 0 Å². The molecule has 1 heterocycles. The van der Waals surface area contributed by atoms with E-state index in [2.05, 4.69) is 31.7 Å². The van der Waals surface area contributed by atoms with Crippen LogP contribution >= 0.6 is 11.3 Å². The molecule has 0 atom stereocenters. The highest BCUT2D eigenvalue weighted by molar-refractivity contribution is 7.21. The van der Waals surface area contributed by atoms with Gasteiger partial charge in [0.2, 0.25) is 0 Å². The summed E-state index contributed by atoms with van der Waals surface area (Å²) >= 11 is 1.68. The van der Waals surface area contributed by atoms with Crippen LogP contribution in [0.3, 0.4) is 0 Å². The number of benzene rings is 3. The largest absolute Gasteiger partial charge is 0.236 e. The normalized spacial score (nSPS) is 11.7. The molecule has 5 nitrogen and oxygen atoms in total. The van der Waals surface area contributed by atoms with Gasteiger partial charge in [0, 0.05) is 5.56 Å². The number of hydrogen-bond acceptors (Lipinski definition) is 4. The van der Waals surface area contributed by atoms with Crippen molar-refractivity contribution in [1.29, 1.82) is 0 Å². The molecule has 6 heteroatoms. The second-order valence-electron chi connectivity index (χ2n) is 5.25. The topological polar surface area (TPSA) is 62.3 Å². The lowest BCUT2D eigenvalue weighted by Gasteiger charge is -1.95. The zero-order chi connectivity index (χ0) is 16.9. The third-order valence-corrected chi connectivity index (χ3v) is 4.61. The highest BCUT2D eigenvalue weighted by Crippen LogP contribution is 2.30. The van der Waals surface area contributed by atoms with Crippen LogP contribution in [0.25, 0.3) is 20.8 Å². The Hall–Kier alpha value is -3.25. The third kappa shape index (κ3) is 3.64. The smallest absolute Gasteiger partial charge is 0.124 e. The second kappa shape index (κ2) is 7.11. The Morgan fingerprint density at radius 3 is 2.00 bits per heavy atom.